The number of carbonyl (C=O) groups is 3. The van der Waals surface area contributed by atoms with Crippen LogP contribution in [0.5, 0.6) is 0 Å². The fourth-order valence-corrected chi connectivity index (χ4v) is 2.90. The van der Waals surface area contributed by atoms with Gasteiger partial charge in [0.2, 0.25) is 5.91 Å². The van der Waals surface area contributed by atoms with E-state index in [1.807, 2.05) is 0 Å². The molecule has 1 fully saturated rings. The van der Waals surface area contributed by atoms with Crippen LogP contribution in [0.2, 0.25) is 5.02 Å². The molecule has 0 saturated carbocycles. The van der Waals surface area contributed by atoms with E-state index in [2.05, 4.69) is 16.2 Å². The largest absolute Gasteiger partial charge is 0.368 e. The zero-order valence-electron chi connectivity index (χ0n) is 15.0. The molecule has 3 rings (SSSR count). The summed E-state index contributed by atoms with van der Waals surface area (Å²) in [5.41, 5.74) is 6.30. The maximum absolute atomic E-state index is 12.3. The highest BCUT2D eigenvalue weighted by Gasteiger charge is 2.23. The third-order valence-electron chi connectivity index (χ3n) is 4.21. The molecule has 7 nitrogen and oxygen atoms in total. The summed E-state index contributed by atoms with van der Waals surface area (Å²) >= 11 is 5.81. The maximum atomic E-state index is 12.3. The van der Waals surface area contributed by atoms with Gasteiger partial charge in [0.15, 0.2) is 0 Å². The molecule has 1 atom stereocenters. The van der Waals surface area contributed by atoms with Crippen LogP contribution in [0.3, 0.4) is 0 Å². The van der Waals surface area contributed by atoms with Gasteiger partial charge < -0.3 is 10.1 Å². The Hall–Kier alpha value is -2.90. The van der Waals surface area contributed by atoms with E-state index in [-0.39, 0.29) is 18.2 Å². The molecule has 8 heteroatoms. The molecule has 0 bridgehead atoms. The van der Waals surface area contributed by atoms with E-state index < -0.39 is 12.0 Å². The lowest BCUT2D eigenvalue weighted by atomic mass is 10.1. The summed E-state index contributed by atoms with van der Waals surface area (Å²) in [6.07, 6.45) is 1.20. The van der Waals surface area contributed by atoms with Crippen molar-refractivity contribution in [1.82, 2.24) is 10.9 Å². The van der Waals surface area contributed by atoms with Crippen LogP contribution in [0.15, 0.2) is 48.5 Å². The van der Waals surface area contributed by atoms with E-state index in [0.717, 1.165) is 12.0 Å². The van der Waals surface area contributed by atoms with Crippen LogP contribution in [0, 0.1) is 0 Å². The van der Waals surface area contributed by atoms with Gasteiger partial charge in [-0.2, -0.15) is 0 Å². The van der Waals surface area contributed by atoms with Crippen molar-refractivity contribution in [2.24, 2.45) is 0 Å². The van der Waals surface area contributed by atoms with Gasteiger partial charge in [-0.15, -0.1) is 0 Å². The van der Waals surface area contributed by atoms with Gasteiger partial charge in [-0.05, 0) is 48.7 Å². The summed E-state index contributed by atoms with van der Waals surface area (Å²) in [6, 6.07) is 13.3. The molecule has 0 spiro atoms. The third-order valence-corrected chi connectivity index (χ3v) is 4.46. The smallest absolute Gasteiger partial charge is 0.269 e. The first kappa shape index (κ1) is 19.9. The molecular formula is C20H20ClN3O4. The lowest BCUT2D eigenvalue weighted by molar-refractivity contribution is -0.124. The Labute approximate surface area is 167 Å². The number of ether oxygens (including phenoxy) is 1. The van der Waals surface area contributed by atoms with Crippen molar-refractivity contribution in [3.63, 3.8) is 0 Å². The van der Waals surface area contributed by atoms with E-state index in [1.54, 1.807) is 42.5 Å². The third kappa shape index (κ3) is 5.55. The van der Waals surface area contributed by atoms with Gasteiger partial charge in [0.05, 0.1) is 6.42 Å². The molecule has 3 N–H and O–H groups in total. The number of amides is 3. The summed E-state index contributed by atoms with van der Waals surface area (Å²) in [5, 5.41) is 3.33. The van der Waals surface area contributed by atoms with Crippen LogP contribution in [0.4, 0.5) is 5.69 Å². The number of benzene rings is 2. The normalized spacial score (nSPS) is 15.7. The Bertz CT molecular complexity index is 864. The molecule has 1 aliphatic heterocycles. The average Bonchev–Trinajstić information content (AvgIpc) is 3.23. The fourth-order valence-electron chi connectivity index (χ4n) is 2.78. The average molecular weight is 402 g/mol. The number of carbonyl (C=O) groups excluding carboxylic acids is 3. The first-order valence-electron chi connectivity index (χ1n) is 8.87. The topological polar surface area (TPSA) is 96.5 Å². The van der Waals surface area contributed by atoms with Gasteiger partial charge in [-0.1, -0.05) is 29.8 Å². The highest BCUT2D eigenvalue weighted by molar-refractivity contribution is 6.30. The Morgan fingerprint density at radius 2 is 1.86 bits per heavy atom. The van der Waals surface area contributed by atoms with Crippen LogP contribution in [-0.2, 0) is 20.7 Å². The van der Waals surface area contributed by atoms with Crippen molar-refractivity contribution in [1.29, 1.82) is 0 Å². The van der Waals surface area contributed by atoms with Crippen LogP contribution in [0.1, 0.15) is 28.8 Å². The second-order valence-electron chi connectivity index (χ2n) is 6.38. The predicted molar refractivity (Wildman–Crippen MR) is 105 cm³/mol. The molecule has 0 aromatic heterocycles. The second kappa shape index (κ2) is 9.34. The van der Waals surface area contributed by atoms with Gasteiger partial charge in [-0.3, -0.25) is 25.2 Å². The SMILES string of the molecule is O=C(Cc1ccc(Cl)cc1)NNC(=O)c1cccc(NC(=O)C2CCCO2)c1. The van der Waals surface area contributed by atoms with Crippen LogP contribution in [-0.4, -0.2) is 30.4 Å². The van der Waals surface area contributed by atoms with Gasteiger partial charge in [0, 0.05) is 22.9 Å². The Morgan fingerprint density at radius 3 is 2.57 bits per heavy atom. The number of hydrogen-bond acceptors (Lipinski definition) is 4. The number of nitrogens with one attached hydrogen (secondary N) is 3. The Morgan fingerprint density at radius 1 is 1.07 bits per heavy atom. The van der Waals surface area contributed by atoms with Crippen molar-refractivity contribution in [3.05, 3.63) is 64.7 Å². The van der Waals surface area contributed by atoms with Gasteiger partial charge in [0.1, 0.15) is 6.10 Å². The lowest BCUT2D eigenvalue weighted by Crippen LogP contribution is -2.42. The maximum Gasteiger partial charge on any atom is 0.269 e. The monoisotopic (exact) mass is 401 g/mol. The molecule has 1 saturated heterocycles. The number of hydrogen-bond donors (Lipinski definition) is 3. The number of rotatable bonds is 5. The number of halogens is 1. The summed E-state index contributed by atoms with van der Waals surface area (Å²) < 4.78 is 5.34. The predicted octanol–water partition coefficient (Wildman–Crippen LogP) is 2.46. The Kier molecular flexibility index (Phi) is 6.62. The molecule has 1 heterocycles. The minimum absolute atomic E-state index is 0.106. The molecule has 146 valence electrons. The first-order chi connectivity index (χ1) is 13.5. The molecule has 1 aliphatic rings. The molecule has 0 aliphatic carbocycles. The standard InChI is InChI=1S/C20H20ClN3O4/c21-15-8-6-13(7-9-15)11-18(25)23-24-19(26)14-3-1-4-16(12-14)22-20(27)17-5-2-10-28-17/h1,3-4,6-9,12,17H,2,5,10-11H2,(H,22,27)(H,23,25)(H,24,26). The number of hydrazine groups is 1. The first-order valence-corrected chi connectivity index (χ1v) is 9.25. The molecule has 3 amide bonds. The van der Waals surface area contributed by atoms with Crippen molar-refractivity contribution in [3.8, 4) is 0 Å². The Balaban J connectivity index is 1.51. The molecule has 2 aromatic rings. The zero-order chi connectivity index (χ0) is 19.9. The van der Waals surface area contributed by atoms with E-state index in [4.69, 9.17) is 16.3 Å². The quantitative estimate of drug-likeness (QED) is 0.670. The molecule has 2 aromatic carbocycles. The molecular weight excluding hydrogens is 382 g/mol. The summed E-state index contributed by atoms with van der Waals surface area (Å²) in [7, 11) is 0. The molecule has 0 radical (unpaired) electrons. The molecule has 28 heavy (non-hydrogen) atoms. The molecule has 1 unspecified atom stereocenters. The summed E-state index contributed by atoms with van der Waals surface area (Å²) in [6.45, 7) is 0.580. The highest BCUT2D eigenvalue weighted by atomic mass is 35.5. The van der Waals surface area contributed by atoms with Crippen molar-refractivity contribution in [2.45, 2.75) is 25.4 Å². The van der Waals surface area contributed by atoms with E-state index in [1.165, 1.54) is 6.07 Å². The van der Waals surface area contributed by atoms with Crippen LogP contribution >= 0.6 is 11.6 Å². The van der Waals surface area contributed by atoms with Crippen molar-refractivity contribution in [2.75, 3.05) is 11.9 Å². The lowest BCUT2D eigenvalue weighted by Gasteiger charge is -2.12. The minimum atomic E-state index is -0.488. The van der Waals surface area contributed by atoms with E-state index >= 15 is 0 Å². The summed E-state index contributed by atoms with van der Waals surface area (Å²) in [4.78, 5) is 36.3. The fraction of sp³-hybridized carbons (Fsp3) is 0.250. The minimum Gasteiger partial charge on any atom is -0.368 e. The van der Waals surface area contributed by atoms with Crippen molar-refractivity contribution >= 4 is 35.0 Å². The van der Waals surface area contributed by atoms with E-state index in [9.17, 15) is 14.4 Å². The number of anilines is 1. The highest BCUT2D eigenvalue weighted by Crippen LogP contribution is 2.16. The van der Waals surface area contributed by atoms with E-state index in [0.29, 0.717) is 29.3 Å². The van der Waals surface area contributed by atoms with Gasteiger partial charge >= 0.3 is 0 Å². The van der Waals surface area contributed by atoms with Gasteiger partial charge in [0.25, 0.3) is 11.8 Å². The summed E-state index contributed by atoms with van der Waals surface area (Å²) in [5.74, 6) is -1.08. The van der Waals surface area contributed by atoms with Gasteiger partial charge in [-0.25, -0.2) is 0 Å². The van der Waals surface area contributed by atoms with Crippen molar-refractivity contribution < 1.29 is 19.1 Å². The van der Waals surface area contributed by atoms with Crippen LogP contribution < -0.4 is 16.2 Å². The zero-order valence-corrected chi connectivity index (χ0v) is 15.8. The van der Waals surface area contributed by atoms with Crippen LogP contribution in [0.25, 0.3) is 0 Å². The second-order valence-corrected chi connectivity index (χ2v) is 6.81.